The van der Waals surface area contributed by atoms with Gasteiger partial charge in [-0.3, -0.25) is 0 Å². The molecule has 0 fully saturated rings. The molecule has 1 unspecified atom stereocenters. The Bertz CT molecular complexity index is 848. The van der Waals surface area contributed by atoms with Crippen LogP contribution in [0.25, 0.3) is 0 Å². The first kappa shape index (κ1) is 30.9. The molecule has 37 heavy (non-hydrogen) atoms. The molecule has 0 spiro atoms. The molecule has 206 valence electrons. The summed E-state index contributed by atoms with van der Waals surface area (Å²) in [5, 5.41) is 0. The number of hydrogen-bond donors (Lipinski definition) is 0. The zero-order valence-corrected chi connectivity index (χ0v) is 24.1. The van der Waals surface area contributed by atoms with Crippen LogP contribution in [0.4, 0.5) is 0 Å². The highest BCUT2D eigenvalue weighted by atomic mass is 16.6. The van der Waals surface area contributed by atoms with Crippen LogP contribution in [-0.4, -0.2) is 43.8 Å². The minimum Gasteiger partial charge on any atom is -0.487 e. The molecular weight excluding hydrogens is 458 g/mol. The maximum absolute atomic E-state index is 12.5. The molecule has 0 aliphatic heterocycles. The molecule has 0 aliphatic rings. The number of likely N-dealkylation sites (N-methyl/N-ethyl adjacent to an activating group) is 1. The number of unbranched alkanes of at least 4 members (excludes halogenated alkanes) is 9. The van der Waals surface area contributed by atoms with Crippen molar-refractivity contribution in [1.29, 1.82) is 0 Å². The number of esters is 1. The van der Waals surface area contributed by atoms with Gasteiger partial charge < -0.3 is 14.0 Å². The van der Waals surface area contributed by atoms with E-state index in [0.717, 1.165) is 25.1 Å². The molecule has 2 rings (SSSR count). The Morgan fingerprint density at radius 3 is 1.95 bits per heavy atom. The standard InChI is InChI=1S/C33H52NO3/c1-5-7-8-9-10-11-12-13-14-16-19-29-22-24-32(25-23-29)37-31(6-2)28-36-33(35)27-34(3,4)26-30-20-17-15-18-21-30/h15,17-18,20-25,31H,5-14,16,19,26-28H2,1-4H3/q+1. The Labute approximate surface area is 227 Å². The second-order valence-corrected chi connectivity index (χ2v) is 11.1. The lowest BCUT2D eigenvalue weighted by Crippen LogP contribution is -2.44. The number of aryl methyl sites for hydroxylation is 1. The predicted octanol–water partition coefficient (Wildman–Crippen LogP) is 8.13. The van der Waals surface area contributed by atoms with Gasteiger partial charge in [0, 0.05) is 5.56 Å². The van der Waals surface area contributed by atoms with Crippen LogP contribution in [0.1, 0.15) is 95.6 Å². The van der Waals surface area contributed by atoms with Gasteiger partial charge in [-0.2, -0.15) is 0 Å². The van der Waals surface area contributed by atoms with Gasteiger partial charge in [0.05, 0.1) is 14.1 Å². The van der Waals surface area contributed by atoms with E-state index in [2.05, 4.69) is 64.3 Å². The van der Waals surface area contributed by atoms with E-state index in [1.807, 2.05) is 18.2 Å². The number of ether oxygens (including phenoxy) is 2. The van der Waals surface area contributed by atoms with Crippen molar-refractivity contribution in [1.82, 2.24) is 0 Å². The van der Waals surface area contributed by atoms with E-state index in [-0.39, 0.29) is 18.7 Å². The lowest BCUT2D eigenvalue weighted by atomic mass is 10.0. The average molecular weight is 511 g/mol. The van der Waals surface area contributed by atoms with E-state index < -0.39 is 0 Å². The largest absolute Gasteiger partial charge is 0.487 e. The van der Waals surface area contributed by atoms with Gasteiger partial charge >= 0.3 is 5.97 Å². The monoisotopic (exact) mass is 510 g/mol. The third-order valence-corrected chi connectivity index (χ3v) is 6.94. The number of nitrogens with zero attached hydrogens (tertiary/aromatic N) is 1. The van der Waals surface area contributed by atoms with Crippen LogP contribution in [0.15, 0.2) is 54.6 Å². The van der Waals surface area contributed by atoms with E-state index in [4.69, 9.17) is 9.47 Å². The van der Waals surface area contributed by atoms with Gasteiger partial charge in [-0.05, 0) is 37.0 Å². The van der Waals surface area contributed by atoms with Crippen LogP contribution >= 0.6 is 0 Å². The Hall–Kier alpha value is -2.33. The molecule has 4 heteroatoms. The number of rotatable bonds is 20. The van der Waals surface area contributed by atoms with E-state index >= 15 is 0 Å². The number of hydrogen-bond acceptors (Lipinski definition) is 3. The summed E-state index contributed by atoms with van der Waals surface area (Å²) < 4.78 is 12.3. The molecule has 0 amide bonds. The van der Waals surface area contributed by atoms with Crippen molar-refractivity contribution >= 4 is 5.97 Å². The summed E-state index contributed by atoms with van der Waals surface area (Å²) in [5.74, 6) is 0.657. The zero-order chi connectivity index (χ0) is 26.8. The summed E-state index contributed by atoms with van der Waals surface area (Å²) in [6.07, 6.45) is 15.4. The van der Waals surface area contributed by atoms with Crippen molar-refractivity contribution < 1.29 is 18.8 Å². The average Bonchev–Trinajstić information content (AvgIpc) is 2.88. The molecule has 0 heterocycles. The number of carbonyl (C=O) groups excluding carboxylic acids is 1. The molecule has 0 radical (unpaired) electrons. The van der Waals surface area contributed by atoms with Gasteiger partial charge in [-0.15, -0.1) is 0 Å². The molecule has 0 saturated heterocycles. The van der Waals surface area contributed by atoms with Crippen LogP contribution in [0.2, 0.25) is 0 Å². The van der Waals surface area contributed by atoms with Crippen LogP contribution in [0, 0.1) is 0 Å². The molecule has 2 aromatic carbocycles. The quantitative estimate of drug-likeness (QED) is 0.102. The third-order valence-electron chi connectivity index (χ3n) is 6.94. The van der Waals surface area contributed by atoms with Gasteiger partial charge in [0.2, 0.25) is 0 Å². The Balaban J connectivity index is 1.62. The van der Waals surface area contributed by atoms with Gasteiger partial charge in [0.1, 0.15) is 25.0 Å². The highest BCUT2D eigenvalue weighted by Crippen LogP contribution is 2.18. The van der Waals surface area contributed by atoms with Crippen molar-refractivity contribution in [3.8, 4) is 5.75 Å². The third kappa shape index (κ3) is 14.3. The molecular formula is C33H52NO3+. The van der Waals surface area contributed by atoms with Gasteiger partial charge in [0.25, 0.3) is 0 Å². The summed E-state index contributed by atoms with van der Waals surface area (Å²) >= 11 is 0. The Morgan fingerprint density at radius 2 is 1.35 bits per heavy atom. The van der Waals surface area contributed by atoms with Crippen LogP contribution < -0.4 is 4.74 Å². The minimum atomic E-state index is -0.185. The maximum atomic E-state index is 12.5. The summed E-state index contributed by atoms with van der Waals surface area (Å²) in [7, 11) is 4.11. The Kier molecular flexibility index (Phi) is 15.0. The highest BCUT2D eigenvalue weighted by Gasteiger charge is 2.23. The SMILES string of the molecule is CCCCCCCCCCCCc1ccc(OC(CC)COC(=O)C[N+](C)(C)Cc2ccccc2)cc1. The molecule has 0 saturated carbocycles. The molecule has 0 aliphatic carbocycles. The fraction of sp³-hybridized carbons (Fsp3) is 0.606. The first-order valence-corrected chi connectivity index (χ1v) is 14.7. The van der Waals surface area contributed by atoms with Crippen molar-refractivity contribution in [2.75, 3.05) is 27.2 Å². The fourth-order valence-electron chi connectivity index (χ4n) is 4.69. The molecule has 0 bridgehead atoms. The molecule has 2 aromatic rings. The summed E-state index contributed by atoms with van der Waals surface area (Å²) in [6, 6.07) is 18.7. The first-order chi connectivity index (χ1) is 17.9. The van der Waals surface area contributed by atoms with Crippen LogP contribution in [-0.2, 0) is 22.5 Å². The predicted molar refractivity (Wildman–Crippen MR) is 155 cm³/mol. The number of benzene rings is 2. The summed E-state index contributed by atoms with van der Waals surface area (Å²) in [6.45, 7) is 5.74. The van der Waals surface area contributed by atoms with Gasteiger partial charge in [-0.25, -0.2) is 4.79 Å². The molecule has 0 N–H and O–H groups in total. The molecule has 0 aromatic heterocycles. The van der Waals surface area contributed by atoms with Crippen molar-refractivity contribution in [2.45, 2.75) is 104 Å². The van der Waals surface area contributed by atoms with E-state index in [9.17, 15) is 4.79 Å². The van der Waals surface area contributed by atoms with Crippen LogP contribution in [0.3, 0.4) is 0 Å². The van der Waals surface area contributed by atoms with Gasteiger partial charge in [0.15, 0.2) is 6.54 Å². The first-order valence-electron chi connectivity index (χ1n) is 14.7. The topological polar surface area (TPSA) is 35.5 Å². The Morgan fingerprint density at radius 1 is 0.757 bits per heavy atom. The van der Waals surface area contributed by atoms with Crippen molar-refractivity contribution in [3.63, 3.8) is 0 Å². The summed E-state index contributed by atoms with van der Waals surface area (Å²) in [5.41, 5.74) is 2.58. The van der Waals surface area contributed by atoms with Crippen LogP contribution in [0.5, 0.6) is 5.75 Å². The summed E-state index contributed by atoms with van der Waals surface area (Å²) in [4.78, 5) is 12.5. The van der Waals surface area contributed by atoms with E-state index in [1.54, 1.807) is 0 Å². The number of quaternary nitrogens is 1. The van der Waals surface area contributed by atoms with E-state index in [1.165, 1.54) is 75.3 Å². The second-order valence-electron chi connectivity index (χ2n) is 11.1. The van der Waals surface area contributed by atoms with Crippen molar-refractivity contribution in [3.05, 3.63) is 65.7 Å². The smallest absolute Gasteiger partial charge is 0.361 e. The minimum absolute atomic E-state index is 0.137. The van der Waals surface area contributed by atoms with Gasteiger partial charge in [-0.1, -0.05) is 114 Å². The number of carbonyl (C=O) groups is 1. The second kappa shape index (κ2) is 18.0. The lowest BCUT2D eigenvalue weighted by molar-refractivity contribution is -0.896. The van der Waals surface area contributed by atoms with Crippen molar-refractivity contribution in [2.24, 2.45) is 0 Å². The highest BCUT2D eigenvalue weighted by molar-refractivity contribution is 5.70. The van der Waals surface area contributed by atoms with E-state index in [0.29, 0.717) is 11.0 Å². The fourth-order valence-corrected chi connectivity index (χ4v) is 4.69. The zero-order valence-electron chi connectivity index (χ0n) is 24.1. The lowest BCUT2D eigenvalue weighted by Gasteiger charge is -2.29. The molecule has 4 nitrogen and oxygen atoms in total. The molecule has 1 atom stereocenters. The maximum Gasteiger partial charge on any atom is 0.361 e. The normalized spacial score (nSPS) is 12.3.